The first-order chi connectivity index (χ1) is 3.21. The molecule has 0 atom stereocenters. The molecule has 1 aliphatic rings. The molecule has 0 unspecified atom stereocenters. The third kappa shape index (κ3) is 4.46. The zero-order valence-corrected chi connectivity index (χ0v) is 8.45. The van der Waals surface area contributed by atoms with Gasteiger partial charge in [-0.05, 0) is 0 Å². The van der Waals surface area contributed by atoms with Crippen molar-refractivity contribution in [2.75, 3.05) is 0 Å². The summed E-state index contributed by atoms with van der Waals surface area (Å²) in [5.41, 5.74) is 0.639. The Kier molecular flexibility index (Phi) is 6.79. The van der Waals surface area contributed by atoms with Crippen LogP contribution in [0.3, 0.4) is 0 Å². The van der Waals surface area contributed by atoms with Gasteiger partial charge in [-0.25, -0.2) is 0 Å². The maximum absolute atomic E-state index is 2.39. The van der Waals surface area contributed by atoms with Crippen LogP contribution in [0, 0.1) is 11.8 Å². The fraction of sp³-hybridized carbons (Fsp3) is 0.857. The number of halogens is 1. The van der Waals surface area contributed by atoms with Gasteiger partial charge in [0.1, 0.15) is 0 Å². The molecule has 2 heteroatoms. The molecule has 0 amide bonds. The Balaban J connectivity index is 0. The predicted octanol–water partition coefficient (Wildman–Crippen LogP) is -0.976. The Morgan fingerprint density at radius 1 is 1.33 bits per heavy atom. The Hall–Kier alpha value is 1.06. The van der Waals surface area contributed by atoms with Crippen LogP contribution < -0.4 is 12.4 Å². The van der Waals surface area contributed by atoms with E-state index in [4.69, 9.17) is 0 Å². The molecule has 0 bridgehead atoms. The minimum absolute atomic E-state index is 0. The second-order valence-electron chi connectivity index (χ2n) is 3.20. The van der Waals surface area contributed by atoms with Crippen LogP contribution in [0.4, 0.5) is 0 Å². The average Bonchev–Trinajstić information content (AvgIpc) is 1.84. The van der Waals surface area contributed by atoms with Gasteiger partial charge in [-0.2, -0.15) is 12.8 Å². The van der Waals surface area contributed by atoms with E-state index in [1.54, 1.807) is 0 Å². The van der Waals surface area contributed by atoms with E-state index in [0.29, 0.717) is 5.41 Å². The van der Waals surface area contributed by atoms with Gasteiger partial charge in [0.05, 0.1) is 0 Å². The first kappa shape index (κ1) is 12.7. The second kappa shape index (κ2) is 4.81. The van der Waals surface area contributed by atoms with Crippen molar-refractivity contribution in [2.24, 2.45) is 5.41 Å². The minimum Gasteiger partial charge on any atom is -1.00 e. The topological polar surface area (TPSA) is 0 Å². The normalized spacial score (nSPS) is 22.0. The van der Waals surface area contributed by atoms with E-state index in [0.717, 1.165) is 0 Å². The molecule has 0 saturated heterocycles. The van der Waals surface area contributed by atoms with E-state index >= 15 is 0 Å². The van der Waals surface area contributed by atoms with E-state index in [2.05, 4.69) is 20.3 Å². The molecule has 0 aromatic rings. The zero-order chi connectivity index (χ0) is 5.33. The average molecular weight is 157 g/mol. The predicted molar refractivity (Wildman–Crippen MR) is 37.7 cm³/mol. The van der Waals surface area contributed by atoms with E-state index in [9.17, 15) is 0 Å². The largest absolute Gasteiger partial charge is 2.00 e. The maximum Gasteiger partial charge on any atom is 2.00 e. The minimum atomic E-state index is 0. The third-order valence-corrected chi connectivity index (χ3v) is 1.72. The Morgan fingerprint density at radius 3 is 2.00 bits per heavy atom. The first-order valence-electron chi connectivity index (χ1n) is 3.02. The van der Waals surface area contributed by atoms with Gasteiger partial charge >= 0.3 is 23.1 Å². The molecule has 0 aromatic carbocycles. The first-order valence-corrected chi connectivity index (χ1v) is 3.02. The van der Waals surface area contributed by atoms with Gasteiger partial charge in [-0.1, -0.05) is 25.7 Å². The van der Waals surface area contributed by atoms with Gasteiger partial charge in [-0.15, -0.1) is 0 Å². The van der Waals surface area contributed by atoms with Crippen molar-refractivity contribution in [1.29, 1.82) is 0 Å². The molecule has 1 aliphatic carbocycles. The Bertz CT molecular complexity index is 63.3. The summed E-state index contributed by atoms with van der Waals surface area (Å²) in [4.78, 5) is 0. The van der Waals surface area contributed by atoms with Crippen molar-refractivity contribution in [2.45, 2.75) is 33.1 Å². The molecular weight excluding hydrogens is 144 g/mol. The van der Waals surface area contributed by atoms with Gasteiger partial charge in [0.15, 0.2) is 0 Å². The summed E-state index contributed by atoms with van der Waals surface area (Å²) < 4.78 is 0. The molecule has 1 rings (SSSR count). The molecule has 0 aliphatic heterocycles. The van der Waals surface area contributed by atoms with Crippen LogP contribution in [-0.2, 0) is 0 Å². The van der Waals surface area contributed by atoms with Crippen molar-refractivity contribution in [3.63, 3.8) is 0 Å². The van der Waals surface area contributed by atoms with Gasteiger partial charge in [0.2, 0.25) is 0 Å². The van der Waals surface area contributed by atoms with Crippen LogP contribution in [0.1, 0.15) is 33.1 Å². The summed E-state index contributed by atoms with van der Waals surface area (Å²) in [6.07, 6.45) is 6.45. The van der Waals surface area contributed by atoms with Crippen LogP contribution in [0.15, 0.2) is 0 Å². The molecule has 9 heavy (non-hydrogen) atoms. The van der Waals surface area contributed by atoms with Gasteiger partial charge in [0.25, 0.3) is 0 Å². The van der Waals surface area contributed by atoms with E-state index in [-0.39, 0.29) is 35.5 Å². The summed E-state index contributed by atoms with van der Waals surface area (Å²) in [7, 11) is 0. The maximum atomic E-state index is 2.39. The summed E-state index contributed by atoms with van der Waals surface area (Å²) in [6.45, 7) is 4.66. The van der Waals surface area contributed by atoms with Crippen LogP contribution in [0.2, 0.25) is 0 Å². The number of rotatable bonds is 0. The molecule has 50 valence electrons. The molecule has 1 fully saturated rings. The Morgan fingerprint density at radius 2 is 1.89 bits per heavy atom. The Labute approximate surface area is 80.3 Å². The van der Waals surface area contributed by atoms with Crippen molar-refractivity contribution in [3.8, 4) is 0 Å². The molecule has 0 heterocycles. The monoisotopic (exact) mass is 156 g/mol. The van der Waals surface area contributed by atoms with Crippen molar-refractivity contribution >= 4 is 23.1 Å². The number of hydrogen-bond acceptors (Lipinski definition) is 0. The van der Waals surface area contributed by atoms with Gasteiger partial charge in [0, 0.05) is 0 Å². The molecule has 0 spiro atoms. The molecule has 0 aromatic heterocycles. The third-order valence-electron chi connectivity index (χ3n) is 1.72. The van der Waals surface area contributed by atoms with Crippen molar-refractivity contribution in [1.82, 2.24) is 0 Å². The molecule has 1 saturated carbocycles. The van der Waals surface area contributed by atoms with Crippen LogP contribution in [-0.4, -0.2) is 23.1 Å². The number of hydrogen-bond donors (Lipinski definition) is 0. The molecular formula is C7H13ClMg. The van der Waals surface area contributed by atoms with Crippen LogP contribution >= 0.6 is 0 Å². The van der Waals surface area contributed by atoms with Gasteiger partial charge in [-0.3, -0.25) is 0 Å². The molecule has 0 nitrogen and oxygen atoms in total. The molecule has 0 N–H and O–H groups in total. The smallest absolute Gasteiger partial charge is 1.00 e. The van der Waals surface area contributed by atoms with E-state index in [1.807, 2.05) is 0 Å². The standard InChI is InChI=1S/C7H13.ClH.Mg/c1-7(2)5-3-4-6-7;;/h3H,4-6H2,1-2H3;1H;/q-1;;+2/p-1. The van der Waals surface area contributed by atoms with Crippen molar-refractivity contribution < 1.29 is 12.4 Å². The quantitative estimate of drug-likeness (QED) is 0.313. The van der Waals surface area contributed by atoms with Crippen molar-refractivity contribution in [3.05, 3.63) is 6.42 Å². The van der Waals surface area contributed by atoms with E-state index < -0.39 is 0 Å². The molecule has 0 radical (unpaired) electrons. The summed E-state index contributed by atoms with van der Waals surface area (Å²) in [6, 6.07) is 0. The van der Waals surface area contributed by atoms with Crippen LogP contribution in [0.5, 0.6) is 0 Å². The van der Waals surface area contributed by atoms with Gasteiger partial charge < -0.3 is 18.8 Å². The fourth-order valence-corrected chi connectivity index (χ4v) is 1.09. The van der Waals surface area contributed by atoms with Crippen LogP contribution in [0.25, 0.3) is 0 Å². The zero-order valence-electron chi connectivity index (χ0n) is 6.28. The summed E-state index contributed by atoms with van der Waals surface area (Å²) in [5.74, 6) is 0. The second-order valence-corrected chi connectivity index (χ2v) is 3.20. The SMILES string of the molecule is CC1(C)C[CH-]CC1.[Cl-].[Mg+2]. The summed E-state index contributed by atoms with van der Waals surface area (Å²) in [5, 5.41) is 0. The van der Waals surface area contributed by atoms with E-state index in [1.165, 1.54) is 19.3 Å². The summed E-state index contributed by atoms with van der Waals surface area (Å²) >= 11 is 0. The fourth-order valence-electron chi connectivity index (χ4n) is 1.09.